The van der Waals surface area contributed by atoms with Crippen molar-refractivity contribution in [1.29, 1.82) is 0 Å². The molecule has 2 atom stereocenters. The van der Waals surface area contributed by atoms with E-state index in [9.17, 15) is 10.4 Å². The van der Waals surface area contributed by atoms with Gasteiger partial charge in [-0.15, -0.1) is 0 Å². The molecule has 27 heavy (non-hydrogen) atoms. The Morgan fingerprint density at radius 3 is 2.37 bits per heavy atom. The number of phenolic OH excluding ortho intramolecular Hbond substituents is 1. The third kappa shape index (κ3) is 3.01. The van der Waals surface area contributed by atoms with Crippen LogP contribution in [0.15, 0.2) is 24.3 Å². The average Bonchev–Trinajstić information content (AvgIpc) is 2.64. The Hall–Kier alpha value is -1.10. The van der Waals surface area contributed by atoms with E-state index in [0.29, 0.717) is 23.5 Å². The van der Waals surface area contributed by atoms with E-state index in [-0.39, 0.29) is 5.60 Å². The summed E-state index contributed by atoms with van der Waals surface area (Å²) in [6.07, 6.45) is 10.0. The highest BCUT2D eigenvalue weighted by molar-refractivity contribution is 5.30. The fourth-order valence-electron chi connectivity index (χ4n) is 7.16. The molecule has 6 rings (SSSR count). The molecule has 5 saturated carbocycles. The van der Waals surface area contributed by atoms with Crippen LogP contribution in [-0.2, 0) is 9.62 Å². The molecule has 0 amide bonds. The van der Waals surface area contributed by atoms with Crippen molar-refractivity contribution in [2.45, 2.75) is 82.0 Å². The van der Waals surface area contributed by atoms with Gasteiger partial charge in [0.05, 0.1) is 5.60 Å². The second-order valence-corrected chi connectivity index (χ2v) is 10.1. The Labute approximate surface area is 161 Å². The van der Waals surface area contributed by atoms with E-state index in [2.05, 4.69) is 13.0 Å². The summed E-state index contributed by atoms with van der Waals surface area (Å²) in [5.74, 6) is 2.18. The molecule has 0 heterocycles. The minimum atomic E-state index is -0.803. The first-order valence-corrected chi connectivity index (χ1v) is 10.8. The largest absolute Gasteiger partial charge is 0.508 e. The van der Waals surface area contributed by atoms with Crippen LogP contribution in [0.1, 0.15) is 76.2 Å². The second-order valence-electron chi connectivity index (χ2n) is 10.1. The number of hydrogen-bond donors (Lipinski definition) is 2. The molecule has 1 aromatic rings. The summed E-state index contributed by atoms with van der Waals surface area (Å²) in [7, 11) is 0. The number of benzene rings is 1. The van der Waals surface area contributed by atoms with E-state index < -0.39 is 5.79 Å². The van der Waals surface area contributed by atoms with Gasteiger partial charge in [-0.2, -0.15) is 0 Å². The highest BCUT2D eigenvalue weighted by Crippen LogP contribution is 2.61. The molecule has 148 valence electrons. The van der Waals surface area contributed by atoms with E-state index in [4.69, 9.17) is 9.62 Å². The molecule has 0 spiro atoms. The molecule has 2 N–H and O–H groups in total. The number of rotatable bonds is 4. The van der Waals surface area contributed by atoms with Gasteiger partial charge in [-0.05, 0) is 100 Å². The van der Waals surface area contributed by atoms with Crippen molar-refractivity contribution in [2.24, 2.45) is 23.7 Å². The summed E-state index contributed by atoms with van der Waals surface area (Å²) in [5.41, 5.74) is 0.889. The zero-order valence-corrected chi connectivity index (χ0v) is 16.3. The quantitative estimate of drug-likeness (QED) is 0.418. The molecule has 5 aliphatic rings. The lowest BCUT2D eigenvalue weighted by Gasteiger charge is -2.60. The molecule has 5 fully saturated rings. The molecule has 5 aliphatic carbocycles. The van der Waals surface area contributed by atoms with Crippen LogP contribution in [-0.4, -0.2) is 21.8 Å². The fraction of sp³-hybridized carbons (Fsp3) is 0.739. The number of aromatic hydroxyl groups is 1. The molecular formula is C23H32O4. The highest BCUT2D eigenvalue weighted by Gasteiger charge is 2.62. The van der Waals surface area contributed by atoms with Crippen molar-refractivity contribution in [3.63, 3.8) is 0 Å². The Morgan fingerprint density at radius 1 is 1.04 bits per heavy atom. The molecule has 1 aromatic carbocycles. The first-order chi connectivity index (χ1) is 13.0. The van der Waals surface area contributed by atoms with Crippen molar-refractivity contribution in [1.82, 2.24) is 0 Å². The first kappa shape index (κ1) is 18.0. The normalized spacial score (nSPS) is 45.9. The van der Waals surface area contributed by atoms with E-state index in [0.717, 1.165) is 63.2 Å². The van der Waals surface area contributed by atoms with Gasteiger partial charge in [0, 0.05) is 11.8 Å². The third-order valence-corrected chi connectivity index (χ3v) is 8.10. The summed E-state index contributed by atoms with van der Waals surface area (Å²) in [6.45, 7) is 2.20. The second kappa shape index (κ2) is 6.47. The van der Waals surface area contributed by atoms with Gasteiger partial charge in [0.2, 0.25) is 5.79 Å². The number of hydrogen-bond acceptors (Lipinski definition) is 4. The Kier molecular flexibility index (Phi) is 4.30. The summed E-state index contributed by atoms with van der Waals surface area (Å²) >= 11 is 0. The van der Waals surface area contributed by atoms with Crippen LogP contribution in [0.5, 0.6) is 5.75 Å². The third-order valence-electron chi connectivity index (χ3n) is 8.10. The lowest BCUT2D eigenvalue weighted by Crippen LogP contribution is -2.63. The summed E-state index contributed by atoms with van der Waals surface area (Å²) in [6, 6.07) is 7.65. The minimum Gasteiger partial charge on any atom is -0.508 e. The molecule has 0 radical (unpaired) electrons. The zero-order valence-electron chi connectivity index (χ0n) is 16.3. The van der Waals surface area contributed by atoms with Crippen LogP contribution < -0.4 is 0 Å². The Bertz CT molecular complexity index is 673. The van der Waals surface area contributed by atoms with E-state index in [1.54, 1.807) is 6.07 Å². The number of phenols is 1. The molecule has 1 unspecified atom stereocenters. The van der Waals surface area contributed by atoms with Crippen LogP contribution >= 0.6 is 0 Å². The van der Waals surface area contributed by atoms with E-state index >= 15 is 0 Å². The molecule has 0 aromatic heterocycles. The van der Waals surface area contributed by atoms with Crippen LogP contribution in [0, 0.1) is 23.7 Å². The smallest absolute Gasteiger partial charge is 0.207 e. The van der Waals surface area contributed by atoms with E-state index in [1.807, 2.05) is 12.1 Å². The van der Waals surface area contributed by atoms with Gasteiger partial charge in [-0.1, -0.05) is 12.1 Å². The maximum Gasteiger partial charge on any atom is 0.207 e. The van der Waals surface area contributed by atoms with Crippen LogP contribution in [0.4, 0.5) is 0 Å². The van der Waals surface area contributed by atoms with E-state index in [1.165, 1.54) is 12.0 Å². The van der Waals surface area contributed by atoms with Crippen molar-refractivity contribution in [3.05, 3.63) is 29.8 Å². The molecule has 4 heteroatoms. The van der Waals surface area contributed by atoms with Gasteiger partial charge in [-0.25, -0.2) is 10.1 Å². The van der Waals surface area contributed by atoms with Gasteiger partial charge in [-0.3, -0.25) is 0 Å². The molecule has 4 bridgehead atoms. The predicted octanol–water partition coefficient (Wildman–Crippen LogP) is 5.47. The molecular weight excluding hydrogens is 340 g/mol. The minimum absolute atomic E-state index is 0.299. The van der Waals surface area contributed by atoms with Gasteiger partial charge in [0.15, 0.2) is 0 Å². The lowest BCUT2D eigenvalue weighted by molar-refractivity contribution is -0.476. The van der Waals surface area contributed by atoms with Crippen LogP contribution in [0.2, 0.25) is 0 Å². The van der Waals surface area contributed by atoms with Crippen molar-refractivity contribution >= 4 is 0 Å². The van der Waals surface area contributed by atoms with Crippen molar-refractivity contribution in [2.75, 3.05) is 0 Å². The van der Waals surface area contributed by atoms with Gasteiger partial charge >= 0.3 is 0 Å². The number of ether oxygens (including phenoxy) is 1. The SMILES string of the molecule is C[C@]1(OC2(OO)C3CC4CC(C3)CC2C4)CCCC(c2cccc(O)c2)C1. The molecule has 4 nitrogen and oxygen atoms in total. The molecule has 0 aliphatic heterocycles. The maximum absolute atomic E-state index is 10.1. The van der Waals surface area contributed by atoms with Gasteiger partial charge < -0.3 is 9.84 Å². The van der Waals surface area contributed by atoms with Gasteiger partial charge in [0.25, 0.3) is 0 Å². The fourth-order valence-corrected chi connectivity index (χ4v) is 7.16. The summed E-state index contributed by atoms with van der Waals surface area (Å²) in [4.78, 5) is 5.28. The zero-order chi connectivity index (χ0) is 18.6. The monoisotopic (exact) mass is 372 g/mol. The maximum atomic E-state index is 10.1. The summed E-state index contributed by atoms with van der Waals surface area (Å²) in [5, 5.41) is 19.9. The predicted molar refractivity (Wildman–Crippen MR) is 102 cm³/mol. The van der Waals surface area contributed by atoms with Crippen molar-refractivity contribution < 1.29 is 20.0 Å². The topological polar surface area (TPSA) is 58.9 Å². The van der Waals surface area contributed by atoms with Gasteiger partial charge in [0.1, 0.15) is 5.75 Å². The standard InChI is InChI=1S/C23H32O4/c1-22(7-3-5-18(14-22)17-4-2-6-21(24)13-17)26-23(27-25)19-9-15-8-16(11-19)12-20(23)10-15/h2,4,6,13,15-16,18-20,24-25H,3,5,7-12,14H2,1H3/t15?,16?,18?,19?,20?,22-,23?/m0/s1. The Morgan fingerprint density at radius 2 is 1.74 bits per heavy atom. The molecule has 0 saturated heterocycles. The summed E-state index contributed by atoms with van der Waals surface area (Å²) < 4.78 is 6.84. The van der Waals surface area contributed by atoms with Crippen molar-refractivity contribution in [3.8, 4) is 5.75 Å². The first-order valence-electron chi connectivity index (χ1n) is 10.8. The Balaban J connectivity index is 1.38. The lowest BCUT2D eigenvalue weighted by atomic mass is 9.53. The highest BCUT2D eigenvalue weighted by atomic mass is 17.1. The van der Waals surface area contributed by atoms with Crippen LogP contribution in [0.3, 0.4) is 0 Å². The van der Waals surface area contributed by atoms with Crippen LogP contribution in [0.25, 0.3) is 0 Å². The average molecular weight is 373 g/mol.